The smallest absolute Gasteiger partial charge is 0.252 e. The Morgan fingerprint density at radius 1 is 1.07 bits per heavy atom. The number of carbonyl (C=O) groups is 1. The third-order valence-corrected chi connectivity index (χ3v) is 4.26. The second-order valence-electron chi connectivity index (χ2n) is 6.05. The van der Waals surface area contributed by atoms with Crippen molar-refractivity contribution >= 4 is 47.4 Å². The lowest BCUT2D eigenvalue weighted by molar-refractivity contribution is 0.0954. The number of halogens is 2. The van der Waals surface area contributed by atoms with Crippen molar-refractivity contribution in [2.75, 3.05) is 27.2 Å². The van der Waals surface area contributed by atoms with Gasteiger partial charge in [0.25, 0.3) is 5.91 Å². The normalized spacial score (nSPS) is 10.7. The van der Waals surface area contributed by atoms with E-state index in [1.807, 2.05) is 11.9 Å². The van der Waals surface area contributed by atoms with Crippen molar-refractivity contribution in [3.8, 4) is 0 Å². The van der Waals surface area contributed by atoms with Crippen LogP contribution in [0, 0.1) is 6.92 Å². The van der Waals surface area contributed by atoms with Gasteiger partial charge in [-0.3, -0.25) is 9.79 Å². The van der Waals surface area contributed by atoms with Crippen molar-refractivity contribution in [1.29, 1.82) is 0 Å². The molecule has 0 radical (unpaired) electrons. The van der Waals surface area contributed by atoms with Crippen LogP contribution in [0.5, 0.6) is 0 Å². The highest BCUT2D eigenvalue weighted by Crippen LogP contribution is 2.14. The molecule has 0 fully saturated rings. The molecule has 27 heavy (non-hydrogen) atoms. The maximum atomic E-state index is 12.1. The molecule has 0 aliphatic rings. The van der Waals surface area contributed by atoms with E-state index in [2.05, 4.69) is 46.8 Å². The highest BCUT2D eigenvalue weighted by atomic mass is 127. The van der Waals surface area contributed by atoms with Gasteiger partial charge in [0.1, 0.15) is 0 Å². The molecule has 0 spiro atoms. The topological polar surface area (TPSA) is 56.7 Å². The predicted molar refractivity (Wildman–Crippen MR) is 123 cm³/mol. The zero-order valence-electron chi connectivity index (χ0n) is 15.8. The zero-order valence-corrected chi connectivity index (χ0v) is 18.9. The van der Waals surface area contributed by atoms with Crippen LogP contribution in [-0.2, 0) is 6.54 Å². The summed E-state index contributed by atoms with van der Waals surface area (Å²) >= 11 is 6.03. The number of hydrogen-bond acceptors (Lipinski definition) is 2. The van der Waals surface area contributed by atoms with Gasteiger partial charge in [0.2, 0.25) is 0 Å². The summed E-state index contributed by atoms with van der Waals surface area (Å²) in [5.74, 6) is 0.595. The molecule has 0 aliphatic heterocycles. The highest BCUT2D eigenvalue weighted by molar-refractivity contribution is 14.0. The average molecular weight is 501 g/mol. The maximum Gasteiger partial charge on any atom is 0.252 e. The van der Waals surface area contributed by atoms with Gasteiger partial charge in [0.05, 0.1) is 10.6 Å². The second kappa shape index (κ2) is 11.8. The molecule has 0 heterocycles. The first-order chi connectivity index (χ1) is 12.5. The summed E-state index contributed by atoms with van der Waals surface area (Å²) in [4.78, 5) is 18.4. The Balaban J connectivity index is 0.00000364. The van der Waals surface area contributed by atoms with E-state index >= 15 is 0 Å². The Morgan fingerprint density at radius 2 is 1.70 bits per heavy atom. The minimum atomic E-state index is -0.180. The van der Waals surface area contributed by atoms with Crippen molar-refractivity contribution in [3.63, 3.8) is 0 Å². The number of benzene rings is 2. The fourth-order valence-corrected chi connectivity index (χ4v) is 2.74. The summed E-state index contributed by atoms with van der Waals surface area (Å²) in [6.45, 7) is 3.87. The molecule has 0 saturated carbocycles. The number of amides is 1. The van der Waals surface area contributed by atoms with E-state index < -0.39 is 0 Å². The third-order valence-electron chi connectivity index (χ3n) is 3.93. The molecule has 0 aliphatic carbocycles. The number of aliphatic imine (C=N–C) groups is 1. The molecule has 0 unspecified atom stereocenters. The van der Waals surface area contributed by atoms with Gasteiger partial charge in [-0.15, -0.1) is 24.0 Å². The first-order valence-corrected chi connectivity index (χ1v) is 8.89. The molecule has 5 nitrogen and oxygen atoms in total. The first kappa shape index (κ1) is 23.2. The first-order valence-electron chi connectivity index (χ1n) is 8.51. The van der Waals surface area contributed by atoms with E-state index in [1.54, 1.807) is 31.3 Å². The van der Waals surface area contributed by atoms with Gasteiger partial charge in [-0.05, 0) is 24.6 Å². The zero-order chi connectivity index (χ0) is 18.9. The van der Waals surface area contributed by atoms with Crippen LogP contribution in [0.25, 0.3) is 0 Å². The van der Waals surface area contributed by atoms with Gasteiger partial charge >= 0.3 is 0 Å². The number of aryl methyl sites for hydroxylation is 1. The van der Waals surface area contributed by atoms with E-state index in [-0.39, 0.29) is 29.9 Å². The van der Waals surface area contributed by atoms with Crippen molar-refractivity contribution in [1.82, 2.24) is 15.5 Å². The lowest BCUT2D eigenvalue weighted by Gasteiger charge is -2.22. The summed E-state index contributed by atoms with van der Waals surface area (Å²) in [6.07, 6.45) is 0. The minimum Gasteiger partial charge on any atom is -0.354 e. The summed E-state index contributed by atoms with van der Waals surface area (Å²) < 4.78 is 0. The standard InChI is InChI=1S/C20H25ClN4O.HI/c1-15-8-10-16(11-9-15)14-25(3)20(22-2)24-13-12-23-19(26)17-6-4-5-7-18(17)21;/h4-11H,12-14H2,1-3H3,(H,22,24)(H,23,26);1H. The monoisotopic (exact) mass is 500 g/mol. The van der Waals surface area contributed by atoms with Crippen LogP contribution < -0.4 is 10.6 Å². The van der Waals surface area contributed by atoms with E-state index in [4.69, 9.17) is 11.6 Å². The molecule has 0 saturated heterocycles. The fraction of sp³-hybridized carbons (Fsp3) is 0.300. The fourth-order valence-electron chi connectivity index (χ4n) is 2.52. The van der Waals surface area contributed by atoms with Crippen LogP contribution in [-0.4, -0.2) is 44.0 Å². The highest BCUT2D eigenvalue weighted by Gasteiger charge is 2.09. The van der Waals surface area contributed by atoms with Crippen molar-refractivity contribution in [2.24, 2.45) is 4.99 Å². The number of carbonyl (C=O) groups excluding carboxylic acids is 1. The van der Waals surface area contributed by atoms with Crippen LogP contribution in [0.4, 0.5) is 0 Å². The summed E-state index contributed by atoms with van der Waals surface area (Å²) in [7, 11) is 3.73. The largest absolute Gasteiger partial charge is 0.354 e. The lowest BCUT2D eigenvalue weighted by Crippen LogP contribution is -2.42. The molecule has 0 bridgehead atoms. The quantitative estimate of drug-likeness (QED) is 0.275. The Morgan fingerprint density at radius 3 is 2.33 bits per heavy atom. The molecule has 146 valence electrons. The van der Waals surface area contributed by atoms with Crippen LogP contribution in [0.15, 0.2) is 53.5 Å². The molecule has 2 N–H and O–H groups in total. The predicted octanol–water partition coefficient (Wildman–Crippen LogP) is 3.70. The van der Waals surface area contributed by atoms with Crippen molar-refractivity contribution in [2.45, 2.75) is 13.5 Å². The van der Waals surface area contributed by atoms with Gasteiger partial charge in [0.15, 0.2) is 5.96 Å². The number of rotatable bonds is 6. The molecule has 2 aromatic rings. The van der Waals surface area contributed by atoms with Gasteiger partial charge in [-0.25, -0.2) is 0 Å². The van der Waals surface area contributed by atoms with Gasteiger partial charge in [0, 0.05) is 33.7 Å². The van der Waals surface area contributed by atoms with Crippen LogP contribution >= 0.6 is 35.6 Å². The van der Waals surface area contributed by atoms with Crippen molar-refractivity contribution in [3.05, 3.63) is 70.2 Å². The Kier molecular flexibility index (Phi) is 10.2. The van der Waals surface area contributed by atoms with Crippen LogP contribution in [0.1, 0.15) is 21.5 Å². The van der Waals surface area contributed by atoms with Crippen molar-refractivity contribution < 1.29 is 4.79 Å². The Labute approximate surface area is 183 Å². The summed E-state index contributed by atoms with van der Waals surface area (Å²) in [6, 6.07) is 15.4. The molecule has 1 amide bonds. The van der Waals surface area contributed by atoms with E-state index in [0.717, 1.165) is 12.5 Å². The van der Waals surface area contributed by atoms with E-state index in [9.17, 15) is 4.79 Å². The Bertz CT molecular complexity index is 765. The number of nitrogens with zero attached hydrogens (tertiary/aromatic N) is 2. The minimum absolute atomic E-state index is 0. The molecule has 7 heteroatoms. The molecule has 2 rings (SSSR count). The second-order valence-corrected chi connectivity index (χ2v) is 6.46. The molecular weight excluding hydrogens is 475 g/mol. The van der Waals surface area contributed by atoms with E-state index in [1.165, 1.54) is 11.1 Å². The van der Waals surface area contributed by atoms with Gasteiger partial charge in [-0.1, -0.05) is 53.6 Å². The molecular formula is C20H26ClIN4O. The van der Waals surface area contributed by atoms with Crippen LogP contribution in [0.3, 0.4) is 0 Å². The summed E-state index contributed by atoms with van der Waals surface area (Å²) in [5.41, 5.74) is 2.94. The van der Waals surface area contributed by atoms with Gasteiger partial charge in [-0.2, -0.15) is 0 Å². The SMILES string of the molecule is CN=C(NCCNC(=O)c1ccccc1Cl)N(C)Cc1ccc(C)cc1.I. The number of guanidine groups is 1. The third kappa shape index (κ3) is 7.38. The summed E-state index contributed by atoms with van der Waals surface area (Å²) in [5, 5.41) is 6.56. The molecule has 2 aromatic carbocycles. The molecule has 0 atom stereocenters. The lowest BCUT2D eigenvalue weighted by atomic mass is 10.1. The number of nitrogens with one attached hydrogen (secondary N) is 2. The maximum absolute atomic E-state index is 12.1. The number of hydrogen-bond donors (Lipinski definition) is 2. The van der Waals surface area contributed by atoms with E-state index in [0.29, 0.717) is 23.7 Å². The van der Waals surface area contributed by atoms with Gasteiger partial charge < -0.3 is 15.5 Å². The average Bonchev–Trinajstić information content (AvgIpc) is 2.63. The molecule has 0 aromatic heterocycles. The Hall–Kier alpha value is -1.80. The van der Waals surface area contributed by atoms with Crippen LogP contribution in [0.2, 0.25) is 5.02 Å².